The van der Waals surface area contributed by atoms with E-state index < -0.39 is 12.1 Å². The maximum atomic E-state index is 12.7. The minimum absolute atomic E-state index is 0.101. The van der Waals surface area contributed by atoms with Gasteiger partial charge in [-0.05, 0) is 31.2 Å². The quantitative estimate of drug-likeness (QED) is 0.480. The van der Waals surface area contributed by atoms with Crippen LogP contribution in [0.15, 0.2) is 53.4 Å². The van der Waals surface area contributed by atoms with Gasteiger partial charge in [0.05, 0.1) is 31.6 Å². The molecule has 1 heterocycles. The van der Waals surface area contributed by atoms with E-state index in [1.807, 2.05) is 0 Å². The molecule has 8 nitrogen and oxygen atoms in total. The number of ether oxygens (including phenoxy) is 3. The summed E-state index contributed by atoms with van der Waals surface area (Å²) in [5.41, 5.74) is 0.936. The number of nitrogens with zero attached hydrogens (tertiary/aromatic N) is 1. The standard InChI is InChI=1S/C23H26N2O6S/c1-16(22(27)25-10-12-30-13-11-25)31-23(28)19-8-3-4-9-20(19)32-15-21(26)24-17-6-5-7-18(14-17)29-2/h3-9,14,16H,10-13,15H2,1-2H3,(H,24,26). The number of nitrogens with one attached hydrogen (secondary N) is 1. The molecule has 170 valence electrons. The van der Waals surface area contributed by atoms with E-state index in [2.05, 4.69) is 5.32 Å². The third-order valence-electron chi connectivity index (χ3n) is 4.77. The summed E-state index contributed by atoms with van der Waals surface area (Å²) in [4.78, 5) is 39.8. The van der Waals surface area contributed by atoms with E-state index in [-0.39, 0.29) is 17.6 Å². The summed E-state index contributed by atoms with van der Waals surface area (Å²) >= 11 is 1.22. The second-order valence-corrected chi connectivity index (χ2v) is 8.07. The number of rotatable bonds is 8. The number of esters is 1. The largest absolute Gasteiger partial charge is 0.497 e. The summed E-state index contributed by atoms with van der Waals surface area (Å²) in [7, 11) is 1.56. The predicted octanol–water partition coefficient (Wildman–Crippen LogP) is 2.83. The molecule has 1 aliphatic heterocycles. The Morgan fingerprint density at radius 3 is 2.62 bits per heavy atom. The highest BCUT2D eigenvalue weighted by atomic mass is 32.2. The maximum absolute atomic E-state index is 12.7. The first-order chi connectivity index (χ1) is 15.5. The van der Waals surface area contributed by atoms with Crippen LogP contribution in [0.4, 0.5) is 5.69 Å². The van der Waals surface area contributed by atoms with Crippen molar-refractivity contribution >= 4 is 35.2 Å². The monoisotopic (exact) mass is 458 g/mol. The number of morpholine rings is 1. The van der Waals surface area contributed by atoms with Crippen molar-refractivity contribution in [1.29, 1.82) is 0 Å². The van der Waals surface area contributed by atoms with Gasteiger partial charge in [-0.3, -0.25) is 9.59 Å². The fraction of sp³-hybridized carbons (Fsp3) is 0.348. The van der Waals surface area contributed by atoms with Crippen LogP contribution in [0.1, 0.15) is 17.3 Å². The molecule has 1 saturated heterocycles. The topological polar surface area (TPSA) is 94.2 Å². The first kappa shape index (κ1) is 23.6. The van der Waals surface area contributed by atoms with Crippen LogP contribution in [-0.4, -0.2) is 68.0 Å². The van der Waals surface area contributed by atoms with Gasteiger partial charge in [0.25, 0.3) is 5.91 Å². The molecule has 1 N–H and O–H groups in total. The highest BCUT2D eigenvalue weighted by Crippen LogP contribution is 2.24. The van der Waals surface area contributed by atoms with Crippen molar-refractivity contribution in [2.45, 2.75) is 17.9 Å². The zero-order valence-electron chi connectivity index (χ0n) is 18.0. The van der Waals surface area contributed by atoms with Crippen LogP contribution in [-0.2, 0) is 19.1 Å². The van der Waals surface area contributed by atoms with Gasteiger partial charge in [0, 0.05) is 29.7 Å². The zero-order chi connectivity index (χ0) is 22.9. The Labute approximate surface area is 191 Å². The average molecular weight is 459 g/mol. The number of anilines is 1. The van der Waals surface area contributed by atoms with Crippen LogP contribution in [0.5, 0.6) is 5.75 Å². The van der Waals surface area contributed by atoms with Crippen LogP contribution in [0.3, 0.4) is 0 Å². The lowest BCUT2D eigenvalue weighted by molar-refractivity contribution is -0.143. The van der Waals surface area contributed by atoms with E-state index in [0.29, 0.717) is 48.2 Å². The predicted molar refractivity (Wildman–Crippen MR) is 121 cm³/mol. The number of amides is 2. The van der Waals surface area contributed by atoms with Crippen molar-refractivity contribution in [2.75, 3.05) is 44.5 Å². The Morgan fingerprint density at radius 1 is 1.12 bits per heavy atom. The molecule has 0 aromatic heterocycles. The number of hydrogen-bond donors (Lipinski definition) is 1. The molecular weight excluding hydrogens is 432 g/mol. The van der Waals surface area contributed by atoms with Crippen molar-refractivity contribution in [3.05, 3.63) is 54.1 Å². The van der Waals surface area contributed by atoms with Crippen molar-refractivity contribution in [1.82, 2.24) is 4.90 Å². The Kier molecular flexibility index (Phi) is 8.52. The molecule has 2 aromatic rings. The van der Waals surface area contributed by atoms with Gasteiger partial charge in [0.2, 0.25) is 5.91 Å². The second kappa shape index (κ2) is 11.5. The third kappa shape index (κ3) is 6.48. The third-order valence-corrected chi connectivity index (χ3v) is 5.85. The first-order valence-corrected chi connectivity index (χ1v) is 11.2. The highest BCUT2D eigenvalue weighted by Gasteiger charge is 2.26. The van der Waals surface area contributed by atoms with Crippen molar-refractivity contribution in [2.24, 2.45) is 0 Å². The fourth-order valence-electron chi connectivity index (χ4n) is 3.12. The molecular formula is C23H26N2O6S. The van der Waals surface area contributed by atoms with Crippen molar-refractivity contribution < 1.29 is 28.6 Å². The maximum Gasteiger partial charge on any atom is 0.340 e. The van der Waals surface area contributed by atoms with Crippen LogP contribution < -0.4 is 10.1 Å². The summed E-state index contributed by atoms with van der Waals surface area (Å²) in [5, 5.41) is 2.80. The van der Waals surface area contributed by atoms with E-state index >= 15 is 0 Å². The Bertz CT molecular complexity index is 961. The molecule has 0 radical (unpaired) electrons. The molecule has 0 spiro atoms. The molecule has 2 amide bonds. The molecule has 1 unspecified atom stereocenters. The van der Waals surface area contributed by atoms with Crippen LogP contribution in [0.25, 0.3) is 0 Å². The lowest BCUT2D eigenvalue weighted by atomic mass is 10.2. The SMILES string of the molecule is COc1cccc(NC(=O)CSc2ccccc2C(=O)OC(C)C(=O)N2CCOCC2)c1. The van der Waals surface area contributed by atoms with Gasteiger partial charge >= 0.3 is 5.97 Å². The molecule has 9 heteroatoms. The molecule has 0 aliphatic carbocycles. The summed E-state index contributed by atoms with van der Waals surface area (Å²) in [5.74, 6) is -0.324. The van der Waals surface area contributed by atoms with Gasteiger partial charge in [0.1, 0.15) is 5.75 Å². The molecule has 1 aliphatic rings. The minimum atomic E-state index is -0.907. The minimum Gasteiger partial charge on any atom is -0.497 e. The number of carbonyl (C=O) groups excluding carboxylic acids is 3. The summed E-state index contributed by atoms with van der Waals surface area (Å²) < 4.78 is 15.8. The number of thioether (sulfide) groups is 1. The molecule has 32 heavy (non-hydrogen) atoms. The van der Waals surface area contributed by atoms with Gasteiger partial charge in [-0.2, -0.15) is 0 Å². The van der Waals surface area contributed by atoms with E-state index in [1.165, 1.54) is 11.8 Å². The van der Waals surface area contributed by atoms with Crippen LogP contribution >= 0.6 is 11.8 Å². The number of benzene rings is 2. The van der Waals surface area contributed by atoms with Crippen LogP contribution in [0, 0.1) is 0 Å². The van der Waals surface area contributed by atoms with Crippen LogP contribution in [0.2, 0.25) is 0 Å². The Balaban J connectivity index is 1.57. The molecule has 0 bridgehead atoms. The van der Waals surface area contributed by atoms with E-state index in [0.717, 1.165) is 0 Å². The summed E-state index contributed by atoms with van der Waals surface area (Å²) in [6.45, 7) is 3.48. The number of carbonyl (C=O) groups is 3. The smallest absolute Gasteiger partial charge is 0.340 e. The molecule has 1 fully saturated rings. The molecule has 0 saturated carbocycles. The second-order valence-electron chi connectivity index (χ2n) is 7.05. The number of methoxy groups -OCH3 is 1. The lowest BCUT2D eigenvalue weighted by Crippen LogP contribution is -2.46. The lowest BCUT2D eigenvalue weighted by Gasteiger charge is -2.29. The zero-order valence-corrected chi connectivity index (χ0v) is 18.9. The Hall–Kier alpha value is -3.04. The van der Waals surface area contributed by atoms with E-state index in [1.54, 1.807) is 67.5 Å². The summed E-state index contributed by atoms with van der Waals surface area (Å²) in [6, 6.07) is 13.9. The van der Waals surface area contributed by atoms with E-state index in [9.17, 15) is 14.4 Å². The van der Waals surface area contributed by atoms with Gasteiger partial charge in [0.15, 0.2) is 6.10 Å². The summed E-state index contributed by atoms with van der Waals surface area (Å²) in [6.07, 6.45) is -0.907. The average Bonchev–Trinajstić information content (AvgIpc) is 2.83. The number of hydrogen-bond acceptors (Lipinski definition) is 7. The Morgan fingerprint density at radius 2 is 1.88 bits per heavy atom. The molecule has 3 rings (SSSR count). The van der Waals surface area contributed by atoms with Crippen molar-refractivity contribution in [3.63, 3.8) is 0 Å². The van der Waals surface area contributed by atoms with Gasteiger partial charge in [-0.15, -0.1) is 11.8 Å². The molecule has 1 atom stereocenters. The van der Waals surface area contributed by atoms with E-state index in [4.69, 9.17) is 14.2 Å². The first-order valence-electron chi connectivity index (χ1n) is 10.2. The highest BCUT2D eigenvalue weighted by molar-refractivity contribution is 8.00. The molecule has 2 aromatic carbocycles. The van der Waals surface area contributed by atoms with Gasteiger partial charge < -0.3 is 24.4 Å². The van der Waals surface area contributed by atoms with Gasteiger partial charge in [-0.25, -0.2) is 4.79 Å². The van der Waals surface area contributed by atoms with Gasteiger partial charge in [-0.1, -0.05) is 18.2 Å². The normalized spacial score (nSPS) is 14.4. The fourth-order valence-corrected chi connectivity index (χ4v) is 3.96. The van der Waals surface area contributed by atoms with Crippen molar-refractivity contribution in [3.8, 4) is 5.75 Å².